The van der Waals surface area contributed by atoms with Crippen LogP contribution in [0, 0.1) is 0 Å². The molecule has 3 aromatic rings. The highest BCUT2D eigenvalue weighted by atomic mass is 79.9. The van der Waals surface area contributed by atoms with Crippen LogP contribution in [0.1, 0.15) is 31.0 Å². The number of aromatic nitrogens is 5. The third kappa shape index (κ3) is 3.39. The van der Waals surface area contributed by atoms with Gasteiger partial charge >= 0.3 is 0 Å². The van der Waals surface area contributed by atoms with Crippen LogP contribution in [0.25, 0.3) is 11.5 Å². The number of rotatable bonds is 4. The molecule has 0 amide bonds. The van der Waals surface area contributed by atoms with Crippen molar-refractivity contribution in [2.45, 2.75) is 43.1 Å². The summed E-state index contributed by atoms with van der Waals surface area (Å²) in [6.07, 6.45) is 4.66. The number of halogens is 1. The van der Waals surface area contributed by atoms with Crippen molar-refractivity contribution in [2.75, 3.05) is 0 Å². The van der Waals surface area contributed by atoms with E-state index in [-0.39, 0.29) is 0 Å². The lowest BCUT2D eigenvalue weighted by Gasteiger charge is -2.04. The van der Waals surface area contributed by atoms with Crippen molar-refractivity contribution in [3.8, 4) is 11.5 Å². The van der Waals surface area contributed by atoms with Crippen molar-refractivity contribution in [1.82, 2.24) is 25.0 Å². The van der Waals surface area contributed by atoms with Gasteiger partial charge in [0.05, 0.1) is 5.75 Å². The largest absolute Gasteiger partial charge is 0.420 e. The quantitative estimate of drug-likeness (QED) is 0.608. The van der Waals surface area contributed by atoms with Crippen LogP contribution in [0.4, 0.5) is 0 Å². The van der Waals surface area contributed by atoms with Gasteiger partial charge < -0.3 is 8.98 Å². The van der Waals surface area contributed by atoms with Gasteiger partial charge in [0, 0.05) is 23.0 Å². The number of fused-ring (bicyclic) bond motifs is 1. The SMILES string of the molecule is Brc1ccc(-c2nnc(CSc3nnc4n3CCCCC4)o2)cc1. The molecule has 6 nitrogen and oxygen atoms in total. The predicted octanol–water partition coefficient (Wildman–Crippen LogP) is 4.11. The molecule has 3 heterocycles. The Labute approximate surface area is 152 Å². The highest BCUT2D eigenvalue weighted by Gasteiger charge is 2.16. The van der Waals surface area contributed by atoms with Gasteiger partial charge in [-0.05, 0) is 37.1 Å². The molecular weight excluding hydrogens is 390 g/mol. The van der Waals surface area contributed by atoms with Crippen LogP contribution in [-0.2, 0) is 18.7 Å². The summed E-state index contributed by atoms with van der Waals surface area (Å²) in [6.45, 7) is 0.999. The van der Waals surface area contributed by atoms with E-state index in [1.165, 1.54) is 19.3 Å². The molecule has 8 heteroatoms. The average molecular weight is 406 g/mol. The predicted molar refractivity (Wildman–Crippen MR) is 94.6 cm³/mol. The van der Waals surface area contributed by atoms with Crippen LogP contribution in [0.3, 0.4) is 0 Å². The second kappa shape index (κ2) is 7.06. The van der Waals surface area contributed by atoms with E-state index in [4.69, 9.17) is 4.42 Å². The number of aryl methyl sites for hydroxylation is 1. The van der Waals surface area contributed by atoms with E-state index in [9.17, 15) is 0 Å². The molecule has 2 aromatic heterocycles. The Morgan fingerprint density at radius 3 is 2.79 bits per heavy atom. The smallest absolute Gasteiger partial charge is 0.247 e. The van der Waals surface area contributed by atoms with Crippen LogP contribution < -0.4 is 0 Å². The lowest BCUT2D eigenvalue weighted by molar-refractivity contribution is 0.527. The minimum absolute atomic E-state index is 0.540. The van der Waals surface area contributed by atoms with Crippen molar-refractivity contribution < 1.29 is 4.42 Å². The van der Waals surface area contributed by atoms with E-state index in [0.29, 0.717) is 17.5 Å². The fourth-order valence-corrected chi connectivity index (χ4v) is 3.80. The average Bonchev–Trinajstić information content (AvgIpc) is 3.15. The highest BCUT2D eigenvalue weighted by Crippen LogP contribution is 2.26. The van der Waals surface area contributed by atoms with E-state index in [1.54, 1.807) is 11.8 Å². The summed E-state index contributed by atoms with van der Waals surface area (Å²) in [6, 6.07) is 7.82. The highest BCUT2D eigenvalue weighted by molar-refractivity contribution is 9.10. The molecule has 0 aliphatic carbocycles. The Kier molecular flexibility index (Phi) is 4.66. The monoisotopic (exact) mass is 405 g/mol. The van der Waals surface area contributed by atoms with Crippen LogP contribution in [0.2, 0.25) is 0 Å². The molecule has 0 radical (unpaired) electrons. The van der Waals surface area contributed by atoms with Gasteiger partial charge in [-0.25, -0.2) is 0 Å². The first-order valence-corrected chi connectivity index (χ1v) is 9.70. The van der Waals surface area contributed by atoms with Gasteiger partial charge in [0.2, 0.25) is 11.8 Å². The maximum Gasteiger partial charge on any atom is 0.247 e. The summed E-state index contributed by atoms with van der Waals surface area (Å²) in [5.41, 5.74) is 0.915. The molecule has 24 heavy (non-hydrogen) atoms. The van der Waals surface area contributed by atoms with Crippen molar-refractivity contribution in [3.05, 3.63) is 40.5 Å². The molecule has 0 bridgehead atoms. The summed E-state index contributed by atoms with van der Waals surface area (Å²) in [5.74, 6) is 2.83. The summed E-state index contributed by atoms with van der Waals surface area (Å²) >= 11 is 5.02. The molecule has 0 fully saturated rings. The molecule has 4 rings (SSSR count). The standard InChI is InChI=1S/C16H16BrN5OS/c17-12-7-5-11(6-8-12)15-20-19-14(23-15)10-24-16-21-18-13-4-2-1-3-9-22(13)16/h5-8H,1-4,9-10H2. The summed E-state index contributed by atoms with van der Waals surface area (Å²) in [5, 5.41) is 17.8. The summed E-state index contributed by atoms with van der Waals surface area (Å²) in [7, 11) is 0. The first-order valence-electron chi connectivity index (χ1n) is 7.93. The Hall–Kier alpha value is -1.67. The molecule has 1 aliphatic heterocycles. The Morgan fingerprint density at radius 2 is 1.92 bits per heavy atom. The third-order valence-electron chi connectivity index (χ3n) is 3.96. The first kappa shape index (κ1) is 15.8. The van der Waals surface area contributed by atoms with Gasteiger partial charge in [-0.15, -0.1) is 20.4 Å². The van der Waals surface area contributed by atoms with E-state index >= 15 is 0 Å². The van der Waals surface area contributed by atoms with Gasteiger partial charge in [0.25, 0.3) is 0 Å². The van der Waals surface area contributed by atoms with Crippen molar-refractivity contribution in [3.63, 3.8) is 0 Å². The minimum atomic E-state index is 0.540. The molecule has 0 N–H and O–H groups in total. The third-order valence-corrected chi connectivity index (χ3v) is 5.44. The Bertz CT molecular complexity index is 829. The molecule has 124 valence electrons. The molecule has 1 aromatic carbocycles. The molecule has 0 atom stereocenters. The zero-order valence-corrected chi connectivity index (χ0v) is 15.4. The van der Waals surface area contributed by atoms with Crippen molar-refractivity contribution in [2.24, 2.45) is 0 Å². The Morgan fingerprint density at radius 1 is 1.04 bits per heavy atom. The number of hydrogen-bond acceptors (Lipinski definition) is 6. The summed E-state index contributed by atoms with van der Waals surface area (Å²) < 4.78 is 9.01. The van der Waals surface area contributed by atoms with Crippen LogP contribution in [0.5, 0.6) is 0 Å². The van der Waals surface area contributed by atoms with Gasteiger partial charge in [0.1, 0.15) is 5.82 Å². The van der Waals surface area contributed by atoms with E-state index in [2.05, 4.69) is 40.9 Å². The number of hydrogen-bond donors (Lipinski definition) is 0. The maximum absolute atomic E-state index is 5.76. The maximum atomic E-state index is 5.76. The summed E-state index contributed by atoms with van der Waals surface area (Å²) in [4.78, 5) is 0. The van der Waals surface area contributed by atoms with E-state index < -0.39 is 0 Å². The lowest BCUT2D eigenvalue weighted by Crippen LogP contribution is -2.02. The molecular formula is C16H16BrN5OS. The lowest BCUT2D eigenvalue weighted by atomic mass is 10.2. The van der Waals surface area contributed by atoms with E-state index in [1.807, 2.05) is 24.3 Å². The van der Waals surface area contributed by atoms with Gasteiger partial charge in [-0.1, -0.05) is 34.1 Å². The molecule has 0 unspecified atom stereocenters. The van der Waals surface area contributed by atoms with Crippen molar-refractivity contribution >= 4 is 27.7 Å². The number of nitrogens with zero attached hydrogens (tertiary/aromatic N) is 5. The van der Waals surface area contributed by atoms with Gasteiger partial charge in [-0.3, -0.25) is 0 Å². The van der Waals surface area contributed by atoms with Gasteiger partial charge in [0.15, 0.2) is 5.16 Å². The number of thioether (sulfide) groups is 1. The molecule has 0 spiro atoms. The fourth-order valence-electron chi connectivity index (χ4n) is 2.71. The van der Waals surface area contributed by atoms with Crippen molar-refractivity contribution in [1.29, 1.82) is 0 Å². The second-order valence-corrected chi connectivity index (χ2v) is 7.52. The number of benzene rings is 1. The molecule has 1 aliphatic rings. The van der Waals surface area contributed by atoms with Gasteiger partial charge in [-0.2, -0.15) is 0 Å². The minimum Gasteiger partial charge on any atom is -0.420 e. The zero-order valence-electron chi connectivity index (χ0n) is 13.0. The van der Waals surface area contributed by atoms with Crippen LogP contribution >= 0.6 is 27.7 Å². The van der Waals surface area contributed by atoms with Crippen LogP contribution in [0.15, 0.2) is 38.3 Å². The first-order chi connectivity index (χ1) is 11.8. The molecule has 0 saturated heterocycles. The zero-order chi connectivity index (χ0) is 16.4. The normalized spacial score (nSPS) is 14.4. The second-order valence-electron chi connectivity index (χ2n) is 5.66. The molecule has 0 saturated carbocycles. The Balaban J connectivity index is 1.45. The van der Waals surface area contributed by atoms with E-state index in [0.717, 1.165) is 34.0 Å². The topological polar surface area (TPSA) is 69.6 Å². The fraction of sp³-hybridized carbons (Fsp3) is 0.375. The van der Waals surface area contributed by atoms with Crippen LogP contribution in [-0.4, -0.2) is 25.0 Å².